The molecule has 118 valence electrons. The maximum absolute atomic E-state index is 3.68. The van der Waals surface area contributed by atoms with Crippen LogP contribution >= 0.6 is 7.92 Å². The van der Waals surface area contributed by atoms with Crippen LogP contribution in [0.5, 0.6) is 0 Å². The summed E-state index contributed by atoms with van der Waals surface area (Å²) in [5, 5.41) is 8.95. The number of benzene rings is 1. The average molecular weight is 306 g/mol. The second kappa shape index (κ2) is 9.56. The van der Waals surface area contributed by atoms with Gasteiger partial charge in [0.2, 0.25) is 0 Å². The Morgan fingerprint density at radius 2 is 1.43 bits per heavy atom. The molecule has 21 heavy (non-hydrogen) atoms. The Morgan fingerprint density at radius 3 is 1.86 bits per heavy atom. The van der Waals surface area contributed by atoms with Crippen molar-refractivity contribution in [3.8, 4) is 0 Å². The van der Waals surface area contributed by atoms with Crippen LogP contribution in [0.15, 0.2) is 30.3 Å². The van der Waals surface area contributed by atoms with Crippen LogP contribution < -0.4 is 15.9 Å². The van der Waals surface area contributed by atoms with Gasteiger partial charge in [-0.1, -0.05) is 52.1 Å². The SMILES string of the molecule is CC.c1ccc(P(CC2CCCN2)CC2CCCN2)cc1. The molecular weight excluding hydrogens is 275 g/mol. The predicted molar refractivity (Wildman–Crippen MR) is 96.1 cm³/mol. The number of nitrogens with one attached hydrogen (secondary N) is 2. The van der Waals surface area contributed by atoms with Crippen LogP contribution in [-0.2, 0) is 0 Å². The van der Waals surface area contributed by atoms with Crippen LogP contribution in [0.3, 0.4) is 0 Å². The van der Waals surface area contributed by atoms with Gasteiger partial charge < -0.3 is 10.6 Å². The molecule has 0 bridgehead atoms. The molecule has 0 spiro atoms. The molecule has 0 radical (unpaired) electrons. The molecule has 2 unspecified atom stereocenters. The molecule has 2 saturated heterocycles. The summed E-state index contributed by atoms with van der Waals surface area (Å²) in [6.07, 6.45) is 8.23. The second-order valence-electron chi connectivity index (χ2n) is 5.83. The van der Waals surface area contributed by atoms with Gasteiger partial charge in [-0.15, -0.1) is 0 Å². The first kappa shape index (κ1) is 16.9. The van der Waals surface area contributed by atoms with Crippen molar-refractivity contribution >= 4 is 13.2 Å². The highest BCUT2D eigenvalue weighted by Gasteiger charge is 2.24. The summed E-state index contributed by atoms with van der Waals surface area (Å²) in [7, 11) is -0.00282. The largest absolute Gasteiger partial charge is 0.314 e. The quantitative estimate of drug-likeness (QED) is 0.816. The summed E-state index contributed by atoms with van der Waals surface area (Å²) in [5.41, 5.74) is 0. The Labute approximate surface area is 131 Å². The molecule has 3 rings (SSSR count). The van der Waals surface area contributed by atoms with Gasteiger partial charge >= 0.3 is 0 Å². The van der Waals surface area contributed by atoms with Crippen LogP contribution in [-0.4, -0.2) is 37.5 Å². The minimum absolute atomic E-state index is 0.00282. The zero-order chi connectivity index (χ0) is 14.9. The van der Waals surface area contributed by atoms with Crippen molar-refractivity contribution in [2.24, 2.45) is 0 Å². The van der Waals surface area contributed by atoms with E-state index in [-0.39, 0.29) is 7.92 Å². The highest BCUT2D eigenvalue weighted by Crippen LogP contribution is 2.38. The standard InChI is InChI=1S/C16H25N2P.C2H6/c1-2-8-16(9-3-1)19(12-14-6-4-10-17-14)13-15-7-5-11-18-15;1-2/h1-3,8-9,14-15,17-18H,4-7,10-13H2;1-2H3. The lowest BCUT2D eigenvalue weighted by Crippen LogP contribution is -2.31. The molecule has 0 aromatic heterocycles. The highest BCUT2D eigenvalue weighted by atomic mass is 31.1. The van der Waals surface area contributed by atoms with Gasteiger partial charge in [-0.05, 0) is 56.4 Å². The van der Waals surface area contributed by atoms with Crippen LogP contribution in [0, 0.1) is 0 Å². The van der Waals surface area contributed by atoms with E-state index in [1.807, 2.05) is 13.8 Å². The third-order valence-corrected chi connectivity index (χ3v) is 7.12. The summed E-state index contributed by atoms with van der Waals surface area (Å²) in [6, 6.07) is 12.8. The third kappa shape index (κ3) is 5.36. The average Bonchev–Trinajstić information content (AvgIpc) is 3.23. The summed E-state index contributed by atoms with van der Waals surface area (Å²) >= 11 is 0. The maximum Gasteiger partial charge on any atom is 0.0110 e. The van der Waals surface area contributed by atoms with Crippen LogP contribution in [0.25, 0.3) is 0 Å². The Kier molecular flexibility index (Phi) is 7.71. The van der Waals surface area contributed by atoms with E-state index in [1.54, 1.807) is 5.30 Å². The fourth-order valence-electron chi connectivity index (χ4n) is 3.28. The Bertz CT molecular complexity index is 352. The number of hydrogen-bond acceptors (Lipinski definition) is 2. The van der Waals surface area contributed by atoms with Crippen molar-refractivity contribution in [3.63, 3.8) is 0 Å². The zero-order valence-electron chi connectivity index (χ0n) is 13.6. The Hall–Kier alpha value is -0.430. The van der Waals surface area contributed by atoms with Gasteiger partial charge in [-0.25, -0.2) is 0 Å². The maximum atomic E-state index is 3.68. The fraction of sp³-hybridized carbons (Fsp3) is 0.667. The van der Waals surface area contributed by atoms with Gasteiger partial charge in [0.25, 0.3) is 0 Å². The van der Waals surface area contributed by atoms with Crippen LogP contribution in [0.2, 0.25) is 0 Å². The zero-order valence-corrected chi connectivity index (χ0v) is 14.5. The molecule has 3 heteroatoms. The van der Waals surface area contributed by atoms with Crippen molar-refractivity contribution in [1.29, 1.82) is 0 Å². The van der Waals surface area contributed by atoms with Gasteiger partial charge in [-0.3, -0.25) is 0 Å². The minimum Gasteiger partial charge on any atom is -0.314 e. The molecule has 2 heterocycles. The Balaban J connectivity index is 0.000000774. The molecule has 1 aromatic carbocycles. The lowest BCUT2D eigenvalue weighted by atomic mass is 10.2. The van der Waals surface area contributed by atoms with Crippen LogP contribution in [0.1, 0.15) is 39.5 Å². The topological polar surface area (TPSA) is 24.1 Å². The first-order valence-corrected chi connectivity index (χ1v) is 10.4. The first-order valence-electron chi connectivity index (χ1n) is 8.68. The second-order valence-corrected chi connectivity index (χ2v) is 8.15. The van der Waals surface area contributed by atoms with Gasteiger partial charge in [0.1, 0.15) is 0 Å². The summed E-state index contributed by atoms with van der Waals surface area (Å²) in [4.78, 5) is 0. The van der Waals surface area contributed by atoms with Crippen molar-refractivity contribution in [3.05, 3.63) is 30.3 Å². The Morgan fingerprint density at radius 1 is 0.905 bits per heavy atom. The smallest absolute Gasteiger partial charge is 0.0110 e. The van der Waals surface area contributed by atoms with Gasteiger partial charge in [0.05, 0.1) is 0 Å². The molecule has 0 amide bonds. The highest BCUT2D eigenvalue weighted by molar-refractivity contribution is 7.65. The van der Waals surface area contributed by atoms with Gasteiger partial charge in [-0.2, -0.15) is 0 Å². The normalized spacial score (nSPS) is 26.2. The number of hydrogen-bond donors (Lipinski definition) is 2. The molecule has 2 nitrogen and oxygen atoms in total. The summed E-state index contributed by atoms with van der Waals surface area (Å²) in [5.74, 6) is 0. The summed E-state index contributed by atoms with van der Waals surface area (Å²) < 4.78 is 0. The molecule has 2 fully saturated rings. The van der Waals surface area contributed by atoms with E-state index >= 15 is 0 Å². The predicted octanol–water partition coefficient (Wildman–Crippen LogP) is 3.32. The molecule has 0 saturated carbocycles. The molecule has 1 aromatic rings. The van der Waals surface area contributed by atoms with Gasteiger partial charge in [0, 0.05) is 12.1 Å². The van der Waals surface area contributed by atoms with E-state index in [4.69, 9.17) is 0 Å². The molecule has 2 aliphatic rings. The molecule has 2 atom stereocenters. The number of rotatable bonds is 5. The minimum atomic E-state index is -0.00282. The van der Waals surface area contributed by atoms with E-state index in [0.29, 0.717) is 0 Å². The van der Waals surface area contributed by atoms with Crippen molar-refractivity contribution in [2.45, 2.75) is 51.6 Å². The van der Waals surface area contributed by atoms with Crippen LogP contribution in [0.4, 0.5) is 0 Å². The molecular formula is C18H31N2P. The monoisotopic (exact) mass is 306 g/mol. The van der Waals surface area contributed by atoms with Crippen molar-refractivity contribution < 1.29 is 0 Å². The molecule has 2 N–H and O–H groups in total. The lowest BCUT2D eigenvalue weighted by Gasteiger charge is -2.25. The van der Waals surface area contributed by atoms with E-state index in [9.17, 15) is 0 Å². The summed E-state index contributed by atoms with van der Waals surface area (Å²) in [6.45, 7) is 6.45. The first-order chi connectivity index (χ1) is 10.4. The van der Waals surface area contributed by atoms with Crippen molar-refractivity contribution in [1.82, 2.24) is 10.6 Å². The molecule has 0 aliphatic carbocycles. The third-order valence-electron chi connectivity index (χ3n) is 4.33. The van der Waals surface area contributed by atoms with E-state index in [0.717, 1.165) is 12.1 Å². The van der Waals surface area contributed by atoms with E-state index < -0.39 is 0 Å². The van der Waals surface area contributed by atoms with E-state index in [1.165, 1.54) is 51.1 Å². The van der Waals surface area contributed by atoms with Crippen molar-refractivity contribution in [2.75, 3.05) is 25.4 Å². The van der Waals surface area contributed by atoms with E-state index in [2.05, 4.69) is 41.0 Å². The van der Waals surface area contributed by atoms with Gasteiger partial charge in [0.15, 0.2) is 0 Å². The molecule has 2 aliphatic heterocycles. The lowest BCUT2D eigenvalue weighted by molar-refractivity contribution is 0.654. The fourth-order valence-corrected chi connectivity index (χ4v) is 6.13.